The van der Waals surface area contributed by atoms with Crippen molar-refractivity contribution in [2.75, 3.05) is 13.1 Å². The van der Waals surface area contributed by atoms with E-state index in [0.717, 1.165) is 6.07 Å². The van der Waals surface area contributed by atoms with Crippen LogP contribution in [0, 0.1) is 11.6 Å². The van der Waals surface area contributed by atoms with Gasteiger partial charge in [-0.2, -0.15) is 0 Å². The van der Waals surface area contributed by atoms with Crippen LogP contribution in [0.5, 0.6) is 0 Å². The molecule has 0 unspecified atom stereocenters. The second-order valence-corrected chi connectivity index (χ2v) is 7.41. The molecule has 122 valence electrons. The van der Waals surface area contributed by atoms with Gasteiger partial charge in [0.25, 0.3) is 0 Å². The molecular formula is C15H18BrF2NO3. The largest absolute Gasteiger partial charge is 0.444 e. The molecule has 0 aromatic heterocycles. The Morgan fingerprint density at radius 1 is 1.41 bits per heavy atom. The van der Waals surface area contributed by atoms with E-state index in [-0.39, 0.29) is 29.5 Å². The minimum absolute atomic E-state index is 0.0205. The number of rotatable bonds is 2. The first-order valence-electron chi connectivity index (χ1n) is 6.83. The predicted molar refractivity (Wildman–Crippen MR) is 80.5 cm³/mol. The Balaban J connectivity index is 2.02. The average Bonchev–Trinajstić information content (AvgIpc) is 2.34. The molecule has 1 amide bonds. The third-order valence-electron chi connectivity index (χ3n) is 3.27. The number of carbonyl (C=O) groups is 1. The summed E-state index contributed by atoms with van der Waals surface area (Å²) in [5.74, 6) is -1.45. The second kappa shape index (κ2) is 5.77. The highest BCUT2D eigenvalue weighted by Crippen LogP contribution is 2.31. The number of carbonyl (C=O) groups excluding carboxylic acids is 1. The number of benzene rings is 1. The van der Waals surface area contributed by atoms with E-state index in [1.54, 1.807) is 20.8 Å². The first kappa shape index (κ1) is 17.1. The van der Waals surface area contributed by atoms with Gasteiger partial charge in [-0.1, -0.05) is 0 Å². The van der Waals surface area contributed by atoms with Gasteiger partial charge in [-0.15, -0.1) is 0 Å². The van der Waals surface area contributed by atoms with Crippen molar-refractivity contribution in [1.82, 2.24) is 4.90 Å². The van der Waals surface area contributed by atoms with Crippen molar-refractivity contribution >= 4 is 22.0 Å². The smallest absolute Gasteiger partial charge is 0.410 e. The number of halogens is 3. The minimum atomic E-state index is -1.35. The van der Waals surface area contributed by atoms with Crippen molar-refractivity contribution < 1.29 is 23.4 Å². The number of nitrogens with zero attached hydrogens (tertiary/aromatic N) is 1. The van der Waals surface area contributed by atoms with Crippen LogP contribution in [-0.2, 0) is 11.2 Å². The van der Waals surface area contributed by atoms with Crippen LogP contribution in [0.15, 0.2) is 16.6 Å². The Morgan fingerprint density at radius 3 is 2.55 bits per heavy atom. The maximum Gasteiger partial charge on any atom is 0.410 e. The van der Waals surface area contributed by atoms with Crippen molar-refractivity contribution in [2.45, 2.75) is 38.4 Å². The van der Waals surface area contributed by atoms with E-state index >= 15 is 0 Å². The Kier molecular flexibility index (Phi) is 4.50. The van der Waals surface area contributed by atoms with E-state index in [9.17, 15) is 18.7 Å². The Bertz CT molecular complexity index is 595. The molecule has 1 heterocycles. The zero-order valence-corrected chi connectivity index (χ0v) is 14.2. The third-order valence-corrected chi connectivity index (χ3v) is 3.88. The molecule has 2 rings (SSSR count). The normalized spacial score (nSPS) is 17.1. The van der Waals surface area contributed by atoms with E-state index in [2.05, 4.69) is 15.9 Å². The van der Waals surface area contributed by atoms with Crippen LogP contribution < -0.4 is 0 Å². The van der Waals surface area contributed by atoms with E-state index in [1.807, 2.05) is 0 Å². The fourth-order valence-corrected chi connectivity index (χ4v) is 2.66. The molecule has 22 heavy (non-hydrogen) atoms. The number of amides is 1. The average molecular weight is 378 g/mol. The van der Waals surface area contributed by atoms with Crippen LogP contribution in [0.25, 0.3) is 0 Å². The summed E-state index contributed by atoms with van der Waals surface area (Å²) < 4.78 is 33.0. The first-order valence-corrected chi connectivity index (χ1v) is 7.63. The molecular weight excluding hydrogens is 360 g/mol. The molecule has 1 N–H and O–H groups in total. The zero-order chi connectivity index (χ0) is 16.7. The Labute approximate surface area is 136 Å². The van der Waals surface area contributed by atoms with Gasteiger partial charge >= 0.3 is 6.09 Å². The van der Waals surface area contributed by atoms with Crippen molar-refractivity contribution in [3.8, 4) is 0 Å². The molecule has 0 bridgehead atoms. The standard InChI is InChI=1S/C15H18BrF2NO3/c1-14(2,3)22-13(20)19-7-15(21,8-19)6-9-11(17)5-4-10(16)12(9)18/h4-5,21H,6-8H2,1-3H3. The molecule has 0 aliphatic carbocycles. The molecule has 4 nitrogen and oxygen atoms in total. The lowest BCUT2D eigenvalue weighted by molar-refractivity contribution is -0.0980. The van der Waals surface area contributed by atoms with Gasteiger partial charge in [-0.05, 0) is 48.8 Å². The molecule has 1 aliphatic heterocycles. The van der Waals surface area contributed by atoms with Crippen LogP contribution in [0.2, 0.25) is 0 Å². The van der Waals surface area contributed by atoms with Gasteiger partial charge in [0.2, 0.25) is 0 Å². The van der Waals surface area contributed by atoms with Crippen molar-refractivity contribution in [3.63, 3.8) is 0 Å². The number of likely N-dealkylation sites (tertiary alicyclic amines) is 1. The number of β-amino-alcohol motifs (C(OH)–C–C–N with tert-alkyl or cyclic N) is 1. The van der Waals surface area contributed by atoms with Crippen LogP contribution in [0.1, 0.15) is 26.3 Å². The van der Waals surface area contributed by atoms with Crippen molar-refractivity contribution in [1.29, 1.82) is 0 Å². The van der Waals surface area contributed by atoms with E-state index in [4.69, 9.17) is 4.74 Å². The SMILES string of the molecule is CC(C)(C)OC(=O)N1CC(O)(Cc2c(F)ccc(Br)c2F)C1. The third kappa shape index (κ3) is 3.76. The monoisotopic (exact) mass is 377 g/mol. The van der Waals surface area contributed by atoms with Gasteiger partial charge in [-0.25, -0.2) is 13.6 Å². The number of ether oxygens (including phenoxy) is 1. The van der Waals surface area contributed by atoms with Gasteiger partial charge in [0.05, 0.1) is 17.6 Å². The van der Waals surface area contributed by atoms with E-state index in [1.165, 1.54) is 11.0 Å². The first-order chi connectivity index (χ1) is 10.0. The lowest BCUT2D eigenvalue weighted by Crippen LogP contribution is -2.65. The summed E-state index contributed by atoms with van der Waals surface area (Å²) in [5.41, 5.74) is -2.17. The highest BCUT2D eigenvalue weighted by atomic mass is 79.9. The fraction of sp³-hybridized carbons (Fsp3) is 0.533. The highest BCUT2D eigenvalue weighted by molar-refractivity contribution is 9.10. The minimum Gasteiger partial charge on any atom is -0.444 e. The summed E-state index contributed by atoms with van der Waals surface area (Å²) in [7, 11) is 0. The topological polar surface area (TPSA) is 49.8 Å². The molecule has 1 aromatic rings. The highest BCUT2D eigenvalue weighted by Gasteiger charge is 2.46. The maximum atomic E-state index is 13.9. The lowest BCUT2D eigenvalue weighted by Gasteiger charge is -2.46. The van der Waals surface area contributed by atoms with Gasteiger partial charge in [-0.3, -0.25) is 0 Å². The molecule has 0 atom stereocenters. The molecule has 1 aromatic carbocycles. The van der Waals surface area contributed by atoms with Crippen molar-refractivity contribution in [3.05, 3.63) is 33.8 Å². The molecule has 1 fully saturated rings. The Morgan fingerprint density at radius 2 is 2.00 bits per heavy atom. The van der Waals surface area contributed by atoms with Crippen LogP contribution >= 0.6 is 15.9 Å². The van der Waals surface area contributed by atoms with Crippen LogP contribution in [0.3, 0.4) is 0 Å². The summed E-state index contributed by atoms with van der Waals surface area (Å²) in [4.78, 5) is 13.1. The molecule has 0 spiro atoms. The molecule has 1 saturated heterocycles. The summed E-state index contributed by atoms with van der Waals surface area (Å²) in [6.07, 6.45) is -0.754. The summed E-state index contributed by atoms with van der Waals surface area (Å²) in [6.45, 7) is 5.18. The summed E-state index contributed by atoms with van der Waals surface area (Å²) >= 11 is 2.99. The molecule has 1 aliphatic rings. The molecule has 0 saturated carbocycles. The van der Waals surface area contributed by atoms with E-state index < -0.39 is 28.9 Å². The predicted octanol–water partition coefficient (Wildman–Crippen LogP) is 3.25. The fourth-order valence-electron chi connectivity index (χ4n) is 2.29. The van der Waals surface area contributed by atoms with Gasteiger partial charge in [0.1, 0.15) is 22.8 Å². The zero-order valence-electron chi connectivity index (χ0n) is 12.6. The number of hydrogen-bond donors (Lipinski definition) is 1. The molecule has 0 radical (unpaired) electrons. The van der Waals surface area contributed by atoms with Crippen LogP contribution in [-0.4, -0.2) is 40.4 Å². The molecule has 7 heteroatoms. The quantitative estimate of drug-likeness (QED) is 0.804. The van der Waals surface area contributed by atoms with Gasteiger partial charge < -0.3 is 14.7 Å². The number of hydrogen-bond acceptors (Lipinski definition) is 3. The van der Waals surface area contributed by atoms with Crippen LogP contribution in [0.4, 0.5) is 13.6 Å². The Hall–Kier alpha value is -1.21. The lowest BCUT2D eigenvalue weighted by atomic mass is 9.87. The summed E-state index contributed by atoms with van der Waals surface area (Å²) in [6, 6.07) is 2.40. The maximum absolute atomic E-state index is 13.9. The summed E-state index contributed by atoms with van der Waals surface area (Å²) in [5, 5.41) is 10.3. The van der Waals surface area contributed by atoms with Gasteiger partial charge in [0, 0.05) is 12.0 Å². The van der Waals surface area contributed by atoms with Crippen molar-refractivity contribution in [2.24, 2.45) is 0 Å². The van der Waals surface area contributed by atoms with Gasteiger partial charge in [0.15, 0.2) is 0 Å². The second-order valence-electron chi connectivity index (χ2n) is 6.56. The van der Waals surface area contributed by atoms with E-state index in [0.29, 0.717) is 0 Å². The number of aliphatic hydroxyl groups is 1.